The van der Waals surface area contributed by atoms with E-state index in [-0.39, 0.29) is 6.42 Å². The maximum Gasteiger partial charge on any atom is 0.303 e. The molecule has 2 rings (SSSR count). The number of aliphatic carboxylic acids is 1. The maximum atomic E-state index is 10.6. The summed E-state index contributed by atoms with van der Waals surface area (Å²) in [6, 6.07) is 8.20. The Morgan fingerprint density at radius 3 is 2.71 bits per heavy atom. The molecular formula is C14H18O3. The molecule has 0 bridgehead atoms. The van der Waals surface area contributed by atoms with E-state index in [2.05, 4.69) is 6.07 Å². The van der Waals surface area contributed by atoms with E-state index in [1.807, 2.05) is 18.2 Å². The summed E-state index contributed by atoms with van der Waals surface area (Å²) in [7, 11) is 0. The molecule has 92 valence electrons. The van der Waals surface area contributed by atoms with Gasteiger partial charge in [-0.15, -0.1) is 0 Å². The smallest absolute Gasteiger partial charge is 0.303 e. The van der Waals surface area contributed by atoms with Crippen LogP contribution in [-0.2, 0) is 16.0 Å². The third kappa shape index (κ3) is 3.30. The fourth-order valence-corrected chi connectivity index (χ4v) is 2.41. The number of hydrogen-bond acceptors (Lipinski definition) is 2. The Morgan fingerprint density at radius 2 is 2.00 bits per heavy atom. The van der Waals surface area contributed by atoms with Crippen LogP contribution in [0.15, 0.2) is 24.3 Å². The number of carboxylic acid groups (broad SMARTS) is 1. The first-order valence-electron chi connectivity index (χ1n) is 6.14. The Bertz CT molecular complexity index is 381. The summed E-state index contributed by atoms with van der Waals surface area (Å²) >= 11 is 0. The average molecular weight is 234 g/mol. The molecule has 1 aromatic carbocycles. The largest absolute Gasteiger partial charge is 0.481 e. The molecule has 1 aromatic rings. The Hall–Kier alpha value is -1.35. The molecule has 0 aliphatic carbocycles. The van der Waals surface area contributed by atoms with Crippen LogP contribution in [0.3, 0.4) is 0 Å². The normalized spacial score (nSPS) is 16.9. The zero-order chi connectivity index (χ0) is 12.1. The first kappa shape index (κ1) is 12.1. The number of benzene rings is 1. The van der Waals surface area contributed by atoms with E-state index < -0.39 is 5.97 Å². The van der Waals surface area contributed by atoms with E-state index in [1.54, 1.807) is 0 Å². The highest BCUT2D eigenvalue weighted by molar-refractivity contribution is 5.67. The van der Waals surface area contributed by atoms with Crippen molar-refractivity contribution in [2.75, 3.05) is 13.2 Å². The second kappa shape index (κ2) is 5.82. The highest BCUT2D eigenvalue weighted by Gasteiger charge is 2.18. The number of rotatable bonds is 4. The van der Waals surface area contributed by atoms with Gasteiger partial charge in [0.15, 0.2) is 0 Å². The lowest BCUT2D eigenvalue weighted by atomic mass is 9.87. The molecule has 1 aliphatic rings. The molecule has 1 fully saturated rings. The van der Waals surface area contributed by atoms with Gasteiger partial charge in [0.1, 0.15) is 0 Å². The summed E-state index contributed by atoms with van der Waals surface area (Å²) < 4.78 is 5.37. The molecule has 0 aromatic heterocycles. The second-order valence-electron chi connectivity index (χ2n) is 4.48. The molecule has 0 unspecified atom stereocenters. The van der Waals surface area contributed by atoms with Crippen LogP contribution in [0.1, 0.15) is 36.3 Å². The van der Waals surface area contributed by atoms with Crippen molar-refractivity contribution >= 4 is 5.97 Å². The van der Waals surface area contributed by atoms with Gasteiger partial charge in [-0.05, 0) is 36.3 Å². The van der Waals surface area contributed by atoms with Crippen molar-refractivity contribution in [2.45, 2.75) is 31.6 Å². The SMILES string of the molecule is O=C(O)CCc1ccccc1C1CCOCC1. The van der Waals surface area contributed by atoms with Gasteiger partial charge in [-0.1, -0.05) is 24.3 Å². The van der Waals surface area contributed by atoms with E-state index >= 15 is 0 Å². The molecule has 1 heterocycles. The third-order valence-electron chi connectivity index (χ3n) is 3.32. The molecule has 1 N–H and O–H groups in total. The fraction of sp³-hybridized carbons (Fsp3) is 0.500. The first-order valence-corrected chi connectivity index (χ1v) is 6.14. The summed E-state index contributed by atoms with van der Waals surface area (Å²) in [6.45, 7) is 1.63. The second-order valence-corrected chi connectivity index (χ2v) is 4.48. The van der Waals surface area contributed by atoms with Crippen molar-refractivity contribution in [2.24, 2.45) is 0 Å². The van der Waals surface area contributed by atoms with Crippen LogP contribution in [0, 0.1) is 0 Å². The van der Waals surface area contributed by atoms with Crippen molar-refractivity contribution in [3.63, 3.8) is 0 Å². The van der Waals surface area contributed by atoms with Crippen molar-refractivity contribution < 1.29 is 14.6 Å². The predicted octanol–water partition coefficient (Wildman–Crippen LogP) is 2.60. The van der Waals surface area contributed by atoms with Gasteiger partial charge < -0.3 is 9.84 Å². The minimum atomic E-state index is -0.730. The molecule has 0 radical (unpaired) electrons. The van der Waals surface area contributed by atoms with Crippen molar-refractivity contribution in [3.8, 4) is 0 Å². The molecule has 17 heavy (non-hydrogen) atoms. The number of hydrogen-bond donors (Lipinski definition) is 1. The average Bonchev–Trinajstić information content (AvgIpc) is 2.38. The Kier molecular flexibility index (Phi) is 4.15. The van der Waals surface area contributed by atoms with Gasteiger partial charge in [-0.25, -0.2) is 0 Å². The van der Waals surface area contributed by atoms with Gasteiger partial charge in [-0.3, -0.25) is 4.79 Å². The van der Waals surface area contributed by atoms with Gasteiger partial charge in [0.05, 0.1) is 0 Å². The molecule has 1 saturated heterocycles. The Balaban J connectivity index is 2.11. The fourth-order valence-electron chi connectivity index (χ4n) is 2.41. The summed E-state index contributed by atoms with van der Waals surface area (Å²) in [5.74, 6) is -0.194. The molecule has 1 aliphatic heterocycles. The Morgan fingerprint density at radius 1 is 1.29 bits per heavy atom. The molecule has 0 spiro atoms. The van der Waals surface area contributed by atoms with Crippen molar-refractivity contribution in [3.05, 3.63) is 35.4 Å². The number of carbonyl (C=O) groups is 1. The van der Waals surface area contributed by atoms with E-state index in [0.717, 1.165) is 26.1 Å². The lowest BCUT2D eigenvalue weighted by molar-refractivity contribution is -0.136. The van der Waals surface area contributed by atoms with Gasteiger partial charge in [-0.2, -0.15) is 0 Å². The molecular weight excluding hydrogens is 216 g/mol. The van der Waals surface area contributed by atoms with Crippen LogP contribution < -0.4 is 0 Å². The molecule has 3 nitrogen and oxygen atoms in total. The van der Waals surface area contributed by atoms with Crippen LogP contribution in [0.5, 0.6) is 0 Å². The van der Waals surface area contributed by atoms with E-state index in [0.29, 0.717) is 12.3 Å². The van der Waals surface area contributed by atoms with Gasteiger partial charge in [0.25, 0.3) is 0 Å². The Labute approximate surface area is 101 Å². The minimum Gasteiger partial charge on any atom is -0.481 e. The van der Waals surface area contributed by atoms with Crippen LogP contribution in [-0.4, -0.2) is 24.3 Å². The molecule has 0 saturated carbocycles. The van der Waals surface area contributed by atoms with Gasteiger partial charge in [0, 0.05) is 19.6 Å². The topological polar surface area (TPSA) is 46.5 Å². The first-order chi connectivity index (χ1) is 8.27. The van der Waals surface area contributed by atoms with Crippen LogP contribution in [0.2, 0.25) is 0 Å². The molecule has 0 atom stereocenters. The quantitative estimate of drug-likeness (QED) is 0.871. The highest BCUT2D eigenvalue weighted by Crippen LogP contribution is 2.29. The van der Waals surface area contributed by atoms with Crippen LogP contribution >= 0.6 is 0 Å². The number of ether oxygens (including phenoxy) is 1. The standard InChI is InChI=1S/C14H18O3/c15-14(16)6-5-11-3-1-2-4-13(11)12-7-9-17-10-8-12/h1-4,12H,5-10H2,(H,15,16). The minimum absolute atomic E-state index is 0.209. The molecule has 3 heteroatoms. The maximum absolute atomic E-state index is 10.6. The summed E-state index contributed by atoms with van der Waals surface area (Å²) in [5, 5.41) is 8.76. The van der Waals surface area contributed by atoms with Crippen LogP contribution in [0.4, 0.5) is 0 Å². The van der Waals surface area contributed by atoms with Gasteiger partial charge >= 0.3 is 5.97 Å². The number of aryl methyl sites for hydroxylation is 1. The third-order valence-corrected chi connectivity index (χ3v) is 3.32. The van der Waals surface area contributed by atoms with Crippen molar-refractivity contribution in [1.82, 2.24) is 0 Å². The summed E-state index contributed by atoms with van der Waals surface area (Å²) in [6.07, 6.45) is 2.93. The van der Waals surface area contributed by atoms with E-state index in [9.17, 15) is 4.79 Å². The number of carboxylic acids is 1. The van der Waals surface area contributed by atoms with E-state index in [1.165, 1.54) is 11.1 Å². The zero-order valence-electron chi connectivity index (χ0n) is 9.89. The van der Waals surface area contributed by atoms with E-state index in [4.69, 9.17) is 9.84 Å². The van der Waals surface area contributed by atoms with Gasteiger partial charge in [0.2, 0.25) is 0 Å². The lowest BCUT2D eigenvalue weighted by Crippen LogP contribution is -2.15. The zero-order valence-corrected chi connectivity index (χ0v) is 9.89. The lowest BCUT2D eigenvalue weighted by Gasteiger charge is -2.24. The monoisotopic (exact) mass is 234 g/mol. The van der Waals surface area contributed by atoms with Crippen molar-refractivity contribution in [1.29, 1.82) is 0 Å². The molecule has 0 amide bonds. The summed E-state index contributed by atoms with van der Waals surface area (Å²) in [5.41, 5.74) is 2.50. The predicted molar refractivity (Wildman–Crippen MR) is 65.2 cm³/mol. The summed E-state index contributed by atoms with van der Waals surface area (Å²) in [4.78, 5) is 10.6. The highest BCUT2D eigenvalue weighted by atomic mass is 16.5. The van der Waals surface area contributed by atoms with Crippen LogP contribution in [0.25, 0.3) is 0 Å².